The van der Waals surface area contributed by atoms with Crippen LogP contribution in [0.3, 0.4) is 0 Å². The summed E-state index contributed by atoms with van der Waals surface area (Å²) >= 11 is 12.2. The third-order valence-corrected chi connectivity index (χ3v) is 6.51. The summed E-state index contributed by atoms with van der Waals surface area (Å²) in [7, 11) is -3.73. The Balaban J connectivity index is 1.56. The fraction of sp³-hybridized carbons (Fsp3) is 0.0455. The molecule has 2 aromatic carbocycles. The number of amides is 1. The highest BCUT2D eigenvalue weighted by Crippen LogP contribution is 2.25. The van der Waals surface area contributed by atoms with E-state index >= 15 is 0 Å². The van der Waals surface area contributed by atoms with Crippen molar-refractivity contribution in [3.8, 4) is 5.82 Å². The predicted octanol–water partition coefficient (Wildman–Crippen LogP) is 4.94. The van der Waals surface area contributed by atoms with Crippen molar-refractivity contribution in [2.75, 3.05) is 10.0 Å². The molecule has 4 rings (SSSR count). The van der Waals surface area contributed by atoms with E-state index < -0.39 is 15.9 Å². The van der Waals surface area contributed by atoms with Crippen LogP contribution in [0, 0.1) is 6.92 Å². The zero-order chi connectivity index (χ0) is 23.6. The molecule has 8 nitrogen and oxygen atoms in total. The van der Waals surface area contributed by atoms with Gasteiger partial charge in [0.25, 0.3) is 15.9 Å². The first-order valence-corrected chi connectivity index (χ1v) is 11.8. The zero-order valence-corrected chi connectivity index (χ0v) is 19.5. The minimum absolute atomic E-state index is 0.101. The second-order valence-corrected chi connectivity index (χ2v) is 9.45. The number of aryl methyl sites for hydroxylation is 1. The summed E-state index contributed by atoms with van der Waals surface area (Å²) in [5, 5.41) is 7.30. The van der Waals surface area contributed by atoms with Crippen molar-refractivity contribution in [1.82, 2.24) is 14.8 Å². The first kappa shape index (κ1) is 22.8. The lowest BCUT2D eigenvalue weighted by atomic mass is 10.2. The molecule has 11 heteroatoms. The molecular weight excluding hydrogens is 485 g/mol. The number of carbonyl (C=O) groups excluding carboxylic acids is 1. The number of rotatable bonds is 6. The molecule has 33 heavy (non-hydrogen) atoms. The van der Waals surface area contributed by atoms with Crippen molar-refractivity contribution in [2.24, 2.45) is 0 Å². The highest BCUT2D eigenvalue weighted by molar-refractivity contribution is 7.92. The van der Waals surface area contributed by atoms with Crippen LogP contribution < -0.4 is 10.0 Å². The quantitative estimate of drug-likeness (QED) is 0.389. The fourth-order valence-corrected chi connectivity index (χ4v) is 4.53. The van der Waals surface area contributed by atoms with E-state index in [1.54, 1.807) is 55.5 Å². The molecule has 0 saturated carbocycles. The smallest absolute Gasteiger partial charge is 0.274 e. The molecule has 0 unspecified atom stereocenters. The SMILES string of the molecule is Cc1cc(NS(=O)(=O)c2ccccc2)ccc1NC(=O)c1cc(Cl)nn1-c1ncccc1Cl. The van der Waals surface area contributed by atoms with Crippen molar-refractivity contribution < 1.29 is 13.2 Å². The van der Waals surface area contributed by atoms with Gasteiger partial charge in [-0.15, -0.1) is 0 Å². The monoisotopic (exact) mass is 501 g/mol. The van der Waals surface area contributed by atoms with Crippen LogP contribution in [-0.4, -0.2) is 29.1 Å². The van der Waals surface area contributed by atoms with Crippen molar-refractivity contribution in [3.63, 3.8) is 0 Å². The van der Waals surface area contributed by atoms with Crippen molar-refractivity contribution in [3.05, 3.63) is 94.4 Å². The topological polar surface area (TPSA) is 106 Å². The number of nitrogens with one attached hydrogen (secondary N) is 2. The number of nitrogens with zero attached hydrogens (tertiary/aromatic N) is 3. The summed E-state index contributed by atoms with van der Waals surface area (Å²) in [4.78, 5) is 17.3. The molecule has 2 N–H and O–H groups in total. The summed E-state index contributed by atoms with van der Waals surface area (Å²) in [6.07, 6.45) is 1.53. The third kappa shape index (κ3) is 5.00. The van der Waals surface area contributed by atoms with E-state index in [1.807, 2.05) is 0 Å². The average Bonchev–Trinajstić information content (AvgIpc) is 3.18. The summed E-state index contributed by atoms with van der Waals surface area (Å²) in [5.74, 6) is -0.226. The minimum Gasteiger partial charge on any atom is -0.320 e. The zero-order valence-electron chi connectivity index (χ0n) is 17.2. The maximum atomic E-state index is 13.0. The van der Waals surface area contributed by atoms with Crippen LogP contribution >= 0.6 is 23.2 Å². The Morgan fingerprint density at radius 2 is 1.76 bits per heavy atom. The van der Waals surface area contributed by atoms with Crippen LogP contribution in [0.25, 0.3) is 5.82 Å². The third-order valence-electron chi connectivity index (χ3n) is 4.63. The molecule has 0 aliphatic carbocycles. The highest BCUT2D eigenvalue weighted by Gasteiger charge is 2.20. The lowest BCUT2D eigenvalue weighted by Crippen LogP contribution is -2.18. The summed E-state index contributed by atoms with van der Waals surface area (Å²) in [5.41, 5.74) is 1.62. The molecule has 2 heterocycles. The molecule has 2 aromatic heterocycles. The largest absolute Gasteiger partial charge is 0.320 e. The summed E-state index contributed by atoms with van der Waals surface area (Å²) in [6, 6.07) is 17.5. The Bertz CT molecular complexity index is 1440. The molecule has 168 valence electrons. The Morgan fingerprint density at radius 3 is 2.45 bits per heavy atom. The Kier molecular flexibility index (Phi) is 6.37. The van der Waals surface area contributed by atoms with E-state index in [4.69, 9.17) is 23.2 Å². The van der Waals surface area contributed by atoms with Gasteiger partial charge < -0.3 is 5.32 Å². The number of sulfonamides is 1. The van der Waals surface area contributed by atoms with Gasteiger partial charge in [0, 0.05) is 23.6 Å². The molecule has 0 radical (unpaired) electrons. The molecule has 0 atom stereocenters. The van der Waals surface area contributed by atoms with Gasteiger partial charge in [0.15, 0.2) is 11.0 Å². The van der Waals surface area contributed by atoms with Crippen LogP contribution in [0.2, 0.25) is 10.2 Å². The van der Waals surface area contributed by atoms with E-state index in [-0.39, 0.29) is 21.6 Å². The number of hydrogen-bond acceptors (Lipinski definition) is 5. The number of hydrogen-bond donors (Lipinski definition) is 2. The molecule has 1 amide bonds. The molecule has 0 aliphatic rings. The van der Waals surface area contributed by atoms with Crippen molar-refractivity contribution >= 4 is 50.5 Å². The standard InChI is InChI=1S/C22H17Cl2N5O3S/c1-14-12-15(28-33(31,32)16-6-3-2-4-7-16)9-10-18(14)26-22(30)19-13-20(24)27-29(19)21-17(23)8-5-11-25-21/h2-13,28H,1H3,(H,26,30). The Labute approximate surface area is 200 Å². The first-order valence-electron chi connectivity index (χ1n) is 9.61. The predicted molar refractivity (Wildman–Crippen MR) is 128 cm³/mol. The molecule has 0 aliphatic heterocycles. The number of aromatic nitrogens is 3. The van der Waals surface area contributed by atoms with E-state index in [0.29, 0.717) is 22.0 Å². The highest BCUT2D eigenvalue weighted by atomic mass is 35.5. The number of pyridine rings is 1. The van der Waals surface area contributed by atoms with Gasteiger partial charge in [0.2, 0.25) is 0 Å². The van der Waals surface area contributed by atoms with Gasteiger partial charge in [0.1, 0.15) is 5.69 Å². The first-order chi connectivity index (χ1) is 15.7. The average molecular weight is 502 g/mol. The van der Waals surface area contributed by atoms with Crippen LogP contribution in [-0.2, 0) is 10.0 Å². The van der Waals surface area contributed by atoms with Gasteiger partial charge in [-0.25, -0.2) is 18.1 Å². The Hall–Kier alpha value is -3.40. The molecule has 0 saturated heterocycles. The summed E-state index contributed by atoms with van der Waals surface area (Å²) in [6.45, 7) is 1.75. The van der Waals surface area contributed by atoms with Gasteiger partial charge in [-0.3, -0.25) is 9.52 Å². The van der Waals surface area contributed by atoms with Crippen LogP contribution in [0.15, 0.2) is 77.8 Å². The number of halogens is 2. The molecule has 0 bridgehead atoms. The lowest BCUT2D eigenvalue weighted by molar-refractivity contribution is 0.101. The molecular formula is C22H17Cl2N5O3S. The molecule has 0 fully saturated rings. The maximum Gasteiger partial charge on any atom is 0.274 e. The van der Waals surface area contributed by atoms with Gasteiger partial charge in [-0.05, 0) is 55.0 Å². The van der Waals surface area contributed by atoms with E-state index in [2.05, 4.69) is 20.1 Å². The Morgan fingerprint density at radius 1 is 1.00 bits per heavy atom. The second-order valence-electron chi connectivity index (χ2n) is 6.98. The van der Waals surface area contributed by atoms with E-state index in [1.165, 1.54) is 29.1 Å². The number of benzene rings is 2. The van der Waals surface area contributed by atoms with E-state index in [0.717, 1.165) is 0 Å². The van der Waals surface area contributed by atoms with Gasteiger partial charge in [-0.2, -0.15) is 5.10 Å². The van der Waals surface area contributed by atoms with E-state index in [9.17, 15) is 13.2 Å². The molecule has 4 aromatic rings. The maximum absolute atomic E-state index is 13.0. The van der Waals surface area contributed by atoms with Crippen molar-refractivity contribution in [1.29, 1.82) is 0 Å². The van der Waals surface area contributed by atoms with Crippen molar-refractivity contribution in [2.45, 2.75) is 11.8 Å². The number of carbonyl (C=O) groups is 1. The van der Waals surface area contributed by atoms with Crippen LogP contribution in [0.1, 0.15) is 16.1 Å². The number of anilines is 2. The summed E-state index contributed by atoms with van der Waals surface area (Å²) < 4.78 is 28.9. The minimum atomic E-state index is -3.73. The lowest BCUT2D eigenvalue weighted by Gasteiger charge is -2.13. The second kappa shape index (κ2) is 9.22. The van der Waals surface area contributed by atoms with Gasteiger partial charge in [0.05, 0.1) is 9.92 Å². The van der Waals surface area contributed by atoms with Crippen LogP contribution in [0.4, 0.5) is 11.4 Å². The van der Waals surface area contributed by atoms with Gasteiger partial charge >= 0.3 is 0 Å². The van der Waals surface area contributed by atoms with Gasteiger partial charge in [-0.1, -0.05) is 41.4 Å². The normalized spacial score (nSPS) is 11.2. The fourth-order valence-electron chi connectivity index (χ4n) is 3.08. The van der Waals surface area contributed by atoms with Crippen LogP contribution in [0.5, 0.6) is 0 Å². The molecule has 0 spiro atoms.